The molecule has 3 rings (SSSR count). The number of ether oxygens (including phenoxy) is 2. The molecule has 0 saturated carbocycles. The highest BCUT2D eigenvalue weighted by Gasteiger charge is 2.39. The minimum absolute atomic E-state index is 0.0101. The molecular weight excluding hydrogens is 497 g/mol. The lowest BCUT2D eigenvalue weighted by Crippen LogP contribution is -2.35. The lowest BCUT2D eigenvalue weighted by molar-refractivity contribution is -0.141. The molecule has 0 aliphatic rings. The third kappa shape index (κ3) is 7.22. The number of alkyl halides is 3. The highest BCUT2D eigenvalue weighted by atomic mass is 19.4. The van der Waals surface area contributed by atoms with E-state index in [0.29, 0.717) is 17.9 Å². The Labute approximate surface area is 209 Å². The second-order valence-corrected chi connectivity index (χ2v) is 7.45. The number of aliphatic carboxylic acids is 1. The van der Waals surface area contributed by atoms with E-state index in [9.17, 15) is 27.6 Å². The predicted octanol–water partition coefficient (Wildman–Crippen LogP) is 2.91. The normalized spacial score (nSPS) is 11.0. The Balaban J connectivity index is 1.68. The summed E-state index contributed by atoms with van der Waals surface area (Å²) < 4.78 is 52.1. The van der Waals surface area contributed by atoms with Crippen molar-refractivity contribution in [3.05, 3.63) is 71.5 Å². The Kier molecular flexibility index (Phi) is 8.72. The molecule has 0 saturated heterocycles. The lowest BCUT2D eigenvalue weighted by Gasteiger charge is -2.09. The molecule has 0 radical (unpaired) electrons. The average molecular weight is 520 g/mol. The van der Waals surface area contributed by atoms with Gasteiger partial charge in [0.25, 0.3) is 11.8 Å². The van der Waals surface area contributed by atoms with Crippen molar-refractivity contribution >= 4 is 17.8 Å². The highest BCUT2D eigenvalue weighted by molar-refractivity contribution is 5.96. The van der Waals surface area contributed by atoms with Crippen LogP contribution in [0.3, 0.4) is 0 Å². The first kappa shape index (κ1) is 27.0. The Morgan fingerprint density at radius 3 is 2.24 bits per heavy atom. The number of carboxylic acid groups (broad SMARTS) is 1. The molecule has 37 heavy (non-hydrogen) atoms. The van der Waals surface area contributed by atoms with Crippen LogP contribution in [0, 0.1) is 0 Å². The number of hydrogen-bond donors (Lipinski definition) is 3. The number of hydrogen-bond acceptors (Lipinski definition) is 6. The van der Waals surface area contributed by atoms with Gasteiger partial charge in [-0.2, -0.15) is 18.3 Å². The van der Waals surface area contributed by atoms with Crippen molar-refractivity contribution in [3.63, 3.8) is 0 Å². The number of rotatable bonds is 11. The maximum absolute atomic E-state index is 13.6. The van der Waals surface area contributed by atoms with E-state index in [0.717, 1.165) is 10.9 Å². The Bertz CT molecular complexity index is 1260. The van der Waals surface area contributed by atoms with Crippen LogP contribution in [0.2, 0.25) is 0 Å². The van der Waals surface area contributed by atoms with Gasteiger partial charge in [0.15, 0.2) is 12.3 Å². The van der Waals surface area contributed by atoms with Crippen molar-refractivity contribution in [2.75, 3.05) is 26.3 Å². The van der Waals surface area contributed by atoms with Crippen molar-refractivity contribution in [2.24, 2.45) is 0 Å². The third-order valence-electron chi connectivity index (χ3n) is 4.81. The molecule has 2 aromatic carbocycles. The number of benzene rings is 2. The number of nitrogens with zero attached hydrogens (tertiary/aromatic N) is 2. The van der Waals surface area contributed by atoms with Crippen LogP contribution in [0.25, 0.3) is 5.69 Å². The molecule has 3 aromatic rings. The van der Waals surface area contributed by atoms with E-state index >= 15 is 0 Å². The summed E-state index contributed by atoms with van der Waals surface area (Å²) in [5.74, 6) is -2.20. The monoisotopic (exact) mass is 520 g/mol. The summed E-state index contributed by atoms with van der Waals surface area (Å²) in [6.45, 7) is 1.39. The minimum atomic E-state index is -4.95. The van der Waals surface area contributed by atoms with Crippen LogP contribution in [0.4, 0.5) is 13.2 Å². The summed E-state index contributed by atoms with van der Waals surface area (Å²) in [5.41, 5.74) is -1.83. The van der Waals surface area contributed by atoms with Gasteiger partial charge >= 0.3 is 12.1 Å². The second kappa shape index (κ2) is 11.9. The van der Waals surface area contributed by atoms with Gasteiger partial charge in [0.2, 0.25) is 0 Å². The lowest BCUT2D eigenvalue weighted by atomic mass is 10.2. The zero-order chi connectivity index (χ0) is 27.0. The van der Waals surface area contributed by atoms with Crippen molar-refractivity contribution < 1.29 is 42.1 Å². The number of nitrogens with one attached hydrogen (secondary N) is 2. The van der Waals surface area contributed by atoms with Gasteiger partial charge in [0.1, 0.15) is 17.2 Å². The fraction of sp³-hybridized carbons (Fsp3) is 0.250. The van der Waals surface area contributed by atoms with E-state index in [4.69, 9.17) is 14.6 Å². The van der Waals surface area contributed by atoms with Gasteiger partial charge in [-0.15, -0.1) is 0 Å². The van der Waals surface area contributed by atoms with Crippen LogP contribution in [0.15, 0.2) is 54.7 Å². The smallest absolute Gasteiger partial charge is 0.435 e. The van der Waals surface area contributed by atoms with E-state index < -0.39 is 41.8 Å². The molecule has 0 aliphatic carbocycles. The Morgan fingerprint density at radius 2 is 1.62 bits per heavy atom. The van der Waals surface area contributed by atoms with Crippen LogP contribution in [-0.4, -0.2) is 59.0 Å². The van der Waals surface area contributed by atoms with Gasteiger partial charge in [-0.05, 0) is 43.3 Å². The quantitative estimate of drug-likeness (QED) is 0.331. The van der Waals surface area contributed by atoms with Crippen molar-refractivity contribution in [1.29, 1.82) is 0 Å². The van der Waals surface area contributed by atoms with Crippen LogP contribution < -0.4 is 20.1 Å². The first-order valence-corrected chi connectivity index (χ1v) is 11.0. The molecule has 0 atom stereocenters. The van der Waals surface area contributed by atoms with Gasteiger partial charge in [0, 0.05) is 24.8 Å². The number of halogens is 3. The number of amides is 2. The molecule has 3 N–H and O–H groups in total. The third-order valence-corrected chi connectivity index (χ3v) is 4.81. The number of para-hydroxylation sites is 2. The molecule has 0 bridgehead atoms. The molecule has 10 nitrogen and oxygen atoms in total. The molecular formula is C24H23F3N4O6. The maximum Gasteiger partial charge on any atom is 0.435 e. The summed E-state index contributed by atoms with van der Waals surface area (Å²) in [4.78, 5) is 35.6. The molecule has 0 unspecified atom stereocenters. The largest absolute Gasteiger partial charge is 0.494 e. The zero-order valence-electron chi connectivity index (χ0n) is 19.5. The van der Waals surface area contributed by atoms with E-state index in [2.05, 4.69) is 15.7 Å². The predicted molar refractivity (Wildman–Crippen MR) is 124 cm³/mol. The zero-order valence-corrected chi connectivity index (χ0v) is 19.5. The van der Waals surface area contributed by atoms with Crippen LogP contribution in [0.1, 0.15) is 33.3 Å². The number of carbonyl (C=O) groups excluding carboxylic acids is 2. The SMILES string of the molecule is CCOc1ccc(C(=O)NCCNC(=O)c2cn(-c3ccccc3OCC(=O)O)nc2C(F)(F)F)cc1. The summed E-state index contributed by atoms with van der Waals surface area (Å²) in [5, 5.41) is 17.2. The minimum Gasteiger partial charge on any atom is -0.494 e. The van der Waals surface area contributed by atoms with Crippen LogP contribution >= 0.6 is 0 Å². The second-order valence-electron chi connectivity index (χ2n) is 7.45. The number of carboxylic acids is 1. The van der Waals surface area contributed by atoms with Gasteiger partial charge in [-0.3, -0.25) is 9.59 Å². The molecule has 2 amide bonds. The fourth-order valence-electron chi connectivity index (χ4n) is 3.20. The first-order chi connectivity index (χ1) is 17.6. The molecule has 13 heteroatoms. The molecule has 0 spiro atoms. The van der Waals surface area contributed by atoms with E-state index in [1.807, 2.05) is 6.92 Å². The van der Waals surface area contributed by atoms with Gasteiger partial charge in [-0.1, -0.05) is 12.1 Å². The molecule has 0 aliphatic heterocycles. The van der Waals surface area contributed by atoms with Crippen molar-refractivity contribution in [2.45, 2.75) is 13.1 Å². The van der Waals surface area contributed by atoms with Crippen LogP contribution in [-0.2, 0) is 11.0 Å². The van der Waals surface area contributed by atoms with E-state index in [1.54, 1.807) is 24.3 Å². The number of aromatic nitrogens is 2. The molecule has 1 aromatic heterocycles. The summed E-state index contributed by atoms with van der Waals surface area (Å²) in [7, 11) is 0. The van der Waals surface area contributed by atoms with Crippen molar-refractivity contribution in [1.82, 2.24) is 20.4 Å². The highest BCUT2D eigenvalue weighted by Crippen LogP contribution is 2.32. The summed E-state index contributed by atoms with van der Waals surface area (Å²) in [6.07, 6.45) is -4.07. The van der Waals surface area contributed by atoms with Gasteiger partial charge in [0.05, 0.1) is 12.2 Å². The van der Waals surface area contributed by atoms with Crippen molar-refractivity contribution in [3.8, 4) is 17.2 Å². The summed E-state index contributed by atoms with van der Waals surface area (Å²) >= 11 is 0. The Morgan fingerprint density at radius 1 is 0.973 bits per heavy atom. The van der Waals surface area contributed by atoms with E-state index in [-0.39, 0.29) is 24.5 Å². The molecule has 1 heterocycles. The van der Waals surface area contributed by atoms with Crippen LogP contribution in [0.5, 0.6) is 11.5 Å². The number of carbonyl (C=O) groups is 3. The molecule has 0 fully saturated rings. The van der Waals surface area contributed by atoms with Gasteiger partial charge < -0.3 is 25.2 Å². The topological polar surface area (TPSA) is 132 Å². The maximum atomic E-state index is 13.6. The fourth-order valence-corrected chi connectivity index (χ4v) is 3.20. The Hall–Kier alpha value is -4.55. The van der Waals surface area contributed by atoms with Gasteiger partial charge in [-0.25, -0.2) is 9.48 Å². The average Bonchev–Trinajstić information content (AvgIpc) is 3.32. The first-order valence-electron chi connectivity index (χ1n) is 11.0. The standard InChI is InChI=1S/C24H23F3N4O6/c1-2-36-16-9-7-15(8-10-16)22(34)28-11-12-29-23(35)17-13-31(30-21(17)24(25,26)27)18-5-3-4-6-19(18)37-14-20(32)33/h3-10,13H,2,11-12,14H2,1H3,(H,28,34)(H,29,35)(H,32,33). The molecule has 196 valence electrons. The van der Waals surface area contributed by atoms with E-state index in [1.165, 1.54) is 24.3 Å². The summed E-state index contributed by atoms with van der Waals surface area (Å²) in [6, 6.07) is 12.1.